The van der Waals surface area contributed by atoms with E-state index in [4.69, 9.17) is 11.6 Å². The van der Waals surface area contributed by atoms with E-state index >= 15 is 0 Å². The minimum absolute atomic E-state index is 0.156. The van der Waals surface area contributed by atoms with E-state index in [0.29, 0.717) is 28.2 Å². The summed E-state index contributed by atoms with van der Waals surface area (Å²) < 4.78 is 14.7. The summed E-state index contributed by atoms with van der Waals surface area (Å²) >= 11 is 7.19. The third-order valence-corrected chi connectivity index (χ3v) is 4.92. The van der Waals surface area contributed by atoms with Gasteiger partial charge in [-0.1, -0.05) is 29.4 Å². The lowest BCUT2D eigenvalue weighted by Crippen LogP contribution is -2.14. The molecule has 0 saturated heterocycles. The zero-order chi connectivity index (χ0) is 19.2. The monoisotopic (exact) mass is 405 g/mol. The van der Waals surface area contributed by atoms with Crippen LogP contribution in [-0.2, 0) is 18.4 Å². The molecular weight excluding hydrogens is 389 g/mol. The van der Waals surface area contributed by atoms with Crippen LogP contribution < -0.4 is 10.6 Å². The Morgan fingerprint density at radius 2 is 1.96 bits per heavy atom. The van der Waals surface area contributed by atoms with Crippen LogP contribution in [0.5, 0.6) is 0 Å². The van der Waals surface area contributed by atoms with Crippen LogP contribution in [-0.4, -0.2) is 26.4 Å². The molecule has 6 nitrogen and oxygen atoms in total. The number of carbonyl (C=O) groups excluding carboxylic acids is 1. The predicted molar refractivity (Wildman–Crippen MR) is 106 cm³/mol. The summed E-state index contributed by atoms with van der Waals surface area (Å²) in [5.41, 5.74) is 1.43. The van der Waals surface area contributed by atoms with Crippen molar-refractivity contribution in [3.63, 3.8) is 0 Å². The van der Waals surface area contributed by atoms with Gasteiger partial charge >= 0.3 is 0 Å². The number of aromatic nitrogens is 3. The number of carbonyl (C=O) groups is 1. The third-order valence-electron chi connectivity index (χ3n) is 3.66. The highest BCUT2D eigenvalue weighted by Crippen LogP contribution is 2.19. The van der Waals surface area contributed by atoms with Crippen molar-refractivity contribution in [1.29, 1.82) is 0 Å². The van der Waals surface area contributed by atoms with Crippen molar-refractivity contribution < 1.29 is 9.18 Å². The first-order valence-corrected chi connectivity index (χ1v) is 9.43. The fourth-order valence-corrected chi connectivity index (χ4v) is 3.19. The summed E-state index contributed by atoms with van der Waals surface area (Å²) in [4.78, 5) is 12.1. The van der Waals surface area contributed by atoms with Crippen LogP contribution in [0, 0.1) is 5.82 Å². The number of nitrogens with one attached hydrogen (secondary N) is 2. The first kappa shape index (κ1) is 19.2. The van der Waals surface area contributed by atoms with Gasteiger partial charge in [-0.25, -0.2) is 4.39 Å². The fraction of sp³-hybridized carbons (Fsp3) is 0.167. The summed E-state index contributed by atoms with van der Waals surface area (Å²) in [6.07, 6.45) is 0. The molecule has 2 aromatic carbocycles. The molecular formula is C18H17ClFN5OS. The lowest BCUT2D eigenvalue weighted by Gasteiger charge is -2.07. The molecule has 0 aliphatic carbocycles. The third kappa shape index (κ3) is 5.45. The van der Waals surface area contributed by atoms with E-state index in [9.17, 15) is 9.18 Å². The summed E-state index contributed by atoms with van der Waals surface area (Å²) in [6.45, 7) is 0.435. The van der Waals surface area contributed by atoms with E-state index in [-0.39, 0.29) is 17.5 Å². The van der Waals surface area contributed by atoms with Gasteiger partial charge in [-0.2, -0.15) is 0 Å². The zero-order valence-corrected chi connectivity index (χ0v) is 16.0. The van der Waals surface area contributed by atoms with Gasteiger partial charge in [-0.15, -0.1) is 10.2 Å². The number of amides is 1. The summed E-state index contributed by atoms with van der Waals surface area (Å²) in [5.74, 6) is 0.464. The smallest absolute Gasteiger partial charge is 0.234 e. The van der Waals surface area contributed by atoms with Gasteiger partial charge in [0, 0.05) is 23.4 Å². The van der Waals surface area contributed by atoms with Gasteiger partial charge < -0.3 is 15.2 Å². The SMILES string of the molecule is Cn1c(CNc2ccc(F)cc2)nnc1SCC(=O)Nc1cccc(Cl)c1. The van der Waals surface area contributed by atoms with Crippen molar-refractivity contribution in [3.8, 4) is 0 Å². The molecule has 140 valence electrons. The molecule has 1 heterocycles. The number of benzene rings is 2. The number of hydrogen-bond acceptors (Lipinski definition) is 5. The quantitative estimate of drug-likeness (QED) is 0.582. The van der Waals surface area contributed by atoms with Crippen LogP contribution in [0.15, 0.2) is 53.7 Å². The molecule has 1 aromatic heterocycles. The van der Waals surface area contributed by atoms with Crippen LogP contribution in [0.1, 0.15) is 5.82 Å². The molecule has 0 saturated carbocycles. The standard InChI is InChI=1S/C18H17ClFN5OS/c1-25-16(10-21-14-7-5-13(20)6-8-14)23-24-18(25)27-11-17(26)22-15-4-2-3-12(19)9-15/h2-9,21H,10-11H2,1H3,(H,22,26). The molecule has 0 aliphatic rings. The Kier molecular flexibility index (Phi) is 6.31. The minimum atomic E-state index is -0.283. The molecule has 2 N–H and O–H groups in total. The van der Waals surface area contributed by atoms with Crippen molar-refractivity contribution in [2.75, 3.05) is 16.4 Å². The van der Waals surface area contributed by atoms with Crippen molar-refractivity contribution >= 4 is 40.6 Å². The maximum absolute atomic E-state index is 12.9. The lowest BCUT2D eigenvalue weighted by atomic mass is 10.3. The number of thioether (sulfide) groups is 1. The second-order valence-corrected chi connectivity index (χ2v) is 7.04. The van der Waals surface area contributed by atoms with Gasteiger partial charge in [0.25, 0.3) is 0 Å². The van der Waals surface area contributed by atoms with E-state index in [2.05, 4.69) is 20.8 Å². The van der Waals surface area contributed by atoms with Crippen LogP contribution in [0.25, 0.3) is 0 Å². The summed E-state index contributed by atoms with van der Waals surface area (Å²) in [7, 11) is 1.83. The molecule has 3 rings (SSSR count). The lowest BCUT2D eigenvalue weighted by molar-refractivity contribution is -0.113. The van der Waals surface area contributed by atoms with Gasteiger partial charge in [0.15, 0.2) is 11.0 Å². The average molecular weight is 406 g/mol. The number of hydrogen-bond donors (Lipinski definition) is 2. The summed E-state index contributed by atoms with van der Waals surface area (Å²) in [6, 6.07) is 13.1. The van der Waals surface area contributed by atoms with Gasteiger partial charge in [0.05, 0.1) is 12.3 Å². The van der Waals surface area contributed by atoms with Gasteiger partial charge in [-0.05, 0) is 42.5 Å². The Morgan fingerprint density at radius 1 is 1.19 bits per heavy atom. The highest BCUT2D eigenvalue weighted by molar-refractivity contribution is 7.99. The number of anilines is 2. The topological polar surface area (TPSA) is 71.8 Å². The van der Waals surface area contributed by atoms with Crippen LogP contribution >= 0.6 is 23.4 Å². The fourth-order valence-electron chi connectivity index (χ4n) is 2.27. The predicted octanol–water partition coefficient (Wildman–Crippen LogP) is 3.95. The minimum Gasteiger partial charge on any atom is -0.378 e. The van der Waals surface area contributed by atoms with Crippen LogP contribution in [0.3, 0.4) is 0 Å². The van der Waals surface area contributed by atoms with E-state index < -0.39 is 0 Å². The summed E-state index contributed by atoms with van der Waals surface area (Å²) in [5, 5.41) is 15.4. The molecule has 0 fully saturated rings. The molecule has 9 heteroatoms. The molecule has 0 unspecified atom stereocenters. The van der Waals surface area contributed by atoms with Gasteiger partial charge in [0.1, 0.15) is 5.82 Å². The Bertz CT molecular complexity index is 932. The van der Waals surface area contributed by atoms with E-state index in [1.54, 1.807) is 36.4 Å². The van der Waals surface area contributed by atoms with Crippen molar-refractivity contribution in [1.82, 2.24) is 14.8 Å². The van der Waals surface area contributed by atoms with E-state index in [1.807, 2.05) is 11.6 Å². The highest BCUT2D eigenvalue weighted by Gasteiger charge is 2.11. The van der Waals surface area contributed by atoms with E-state index in [1.165, 1.54) is 23.9 Å². The zero-order valence-electron chi connectivity index (χ0n) is 14.4. The first-order chi connectivity index (χ1) is 13.0. The Balaban J connectivity index is 1.52. The number of halogens is 2. The number of nitrogens with zero attached hydrogens (tertiary/aromatic N) is 3. The molecule has 0 bridgehead atoms. The molecule has 27 heavy (non-hydrogen) atoms. The highest BCUT2D eigenvalue weighted by atomic mass is 35.5. The molecule has 0 atom stereocenters. The maximum Gasteiger partial charge on any atom is 0.234 e. The average Bonchev–Trinajstić information content (AvgIpc) is 2.99. The molecule has 0 spiro atoms. The first-order valence-electron chi connectivity index (χ1n) is 8.07. The van der Waals surface area contributed by atoms with E-state index in [0.717, 1.165) is 5.69 Å². The Hall–Kier alpha value is -2.58. The second-order valence-electron chi connectivity index (χ2n) is 5.67. The Labute approximate surface area is 165 Å². The molecule has 1 amide bonds. The van der Waals surface area contributed by atoms with Crippen molar-refractivity contribution in [3.05, 3.63) is 65.2 Å². The normalized spacial score (nSPS) is 10.6. The maximum atomic E-state index is 12.9. The molecule has 0 radical (unpaired) electrons. The van der Waals surface area contributed by atoms with Crippen LogP contribution in [0.4, 0.5) is 15.8 Å². The van der Waals surface area contributed by atoms with Crippen molar-refractivity contribution in [2.45, 2.75) is 11.7 Å². The largest absolute Gasteiger partial charge is 0.378 e. The Morgan fingerprint density at radius 3 is 2.70 bits per heavy atom. The van der Waals surface area contributed by atoms with Gasteiger partial charge in [-0.3, -0.25) is 4.79 Å². The molecule has 0 aliphatic heterocycles. The van der Waals surface area contributed by atoms with Gasteiger partial charge in [0.2, 0.25) is 5.91 Å². The second kappa shape index (κ2) is 8.88. The van der Waals surface area contributed by atoms with Crippen molar-refractivity contribution in [2.24, 2.45) is 7.05 Å². The number of rotatable bonds is 7. The van der Waals surface area contributed by atoms with Crippen LogP contribution in [0.2, 0.25) is 5.02 Å². The molecule has 3 aromatic rings.